The number of rotatable bonds is 6. The largest absolute Gasteiger partial charge is 0.500 e. The van der Waals surface area contributed by atoms with Crippen LogP contribution in [0.15, 0.2) is 11.8 Å². The Kier molecular flexibility index (Phi) is 7.35. The van der Waals surface area contributed by atoms with E-state index in [0.29, 0.717) is 18.8 Å². The molecule has 0 radical (unpaired) electrons. The zero-order valence-corrected chi connectivity index (χ0v) is 7.37. The number of ether oxygens (including phenoxy) is 1. The molecule has 0 aliphatic heterocycles. The van der Waals surface area contributed by atoms with Crippen molar-refractivity contribution in [3.63, 3.8) is 0 Å². The third kappa shape index (κ3) is 5.71. The van der Waals surface area contributed by atoms with Crippen molar-refractivity contribution in [1.82, 2.24) is 0 Å². The number of nitrogens with zero attached hydrogens (tertiary/aromatic N) is 1. The zero-order chi connectivity index (χ0) is 9.23. The maximum Gasteiger partial charge on any atom is 0.120 e. The van der Waals surface area contributed by atoms with Crippen molar-refractivity contribution in [1.29, 1.82) is 5.26 Å². The maximum absolute atomic E-state index is 8.52. The fraction of sp³-hybridized carbons (Fsp3) is 0.625. The highest BCUT2D eigenvalue weighted by Crippen LogP contribution is 1.94. The van der Waals surface area contributed by atoms with E-state index >= 15 is 0 Å². The van der Waals surface area contributed by atoms with Crippen LogP contribution in [0.3, 0.4) is 0 Å². The van der Waals surface area contributed by atoms with Crippen LogP contribution in [0.2, 0.25) is 0 Å². The molecule has 0 aromatic rings. The highest BCUT2D eigenvalue weighted by Gasteiger charge is 1.95. The van der Waals surface area contributed by atoms with Gasteiger partial charge in [-0.25, -0.2) is 9.78 Å². The van der Waals surface area contributed by atoms with Gasteiger partial charge in [-0.15, -0.1) is 0 Å². The molecule has 0 aliphatic carbocycles. The quantitative estimate of drug-likeness (QED) is 0.199. The second-order valence-corrected chi connectivity index (χ2v) is 1.88. The van der Waals surface area contributed by atoms with E-state index in [9.17, 15) is 0 Å². The minimum atomic E-state index is 0.129. The molecule has 0 amide bonds. The van der Waals surface area contributed by atoms with Crippen LogP contribution >= 0.6 is 0 Å². The Hall–Kier alpha value is -1.05. The Morgan fingerprint density at radius 1 is 1.33 bits per heavy atom. The number of nitriles is 1. The average molecular weight is 171 g/mol. The summed E-state index contributed by atoms with van der Waals surface area (Å²) in [6.45, 7) is 4.78. The Bertz CT molecular complexity index is 172. The third-order valence-electron chi connectivity index (χ3n) is 0.951. The highest BCUT2D eigenvalue weighted by atomic mass is 17.2. The van der Waals surface area contributed by atoms with Crippen molar-refractivity contribution in [2.75, 3.05) is 19.8 Å². The lowest BCUT2D eigenvalue weighted by atomic mass is 10.4. The third-order valence-corrected chi connectivity index (χ3v) is 0.951. The molecule has 0 unspecified atom stereocenters. The van der Waals surface area contributed by atoms with Crippen LogP contribution in [0.5, 0.6) is 0 Å². The van der Waals surface area contributed by atoms with Crippen LogP contribution in [0.25, 0.3) is 0 Å². The van der Waals surface area contributed by atoms with Gasteiger partial charge < -0.3 is 4.74 Å². The van der Waals surface area contributed by atoms with Gasteiger partial charge in [0.1, 0.15) is 12.7 Å². The van der Waals surface area contributed by atoms with Gasteiger partial charge in [-0.1, -0.05) is 0 Å². The molecule has 0 N–H and O–H groups in total. The second-order valence-electron chi connectivity index (χ2n) is 1.88. The molecule has 4 nitrogen and oxygen atoms in total. The second kappa shape index (κ2) is 8.05. The molecule has 0 saturated heterocycles. The van der Waals surface area contributed by atoms with E-state index in [4.69, 9.17) is 10.00 Å². The first-order chi connectivity index (χ1) is 5.85. The maximum atomic E-state index is 8.52. The first kappa shape index (κ1) is 11.0. The van der Waals surface area contributed by atoms with Crippen LogP contribution in [-0.4, -0.2) is 19.8 Å². The predicted molar refractivity (Wildman–Crippen MR) is 42.9 cm³/mol. The molecule has 0 bridgehead atoms. The van der Waals surface area contributed by atoms with E-state index in [0.717, 1.165) is 0 Å². The summed E-state index contributed by atoms with van der Waals surface area (Å²) in [7, 11) is 0. The lowest BCUT2D eigenvalue weighted by molar-refractivity contribution is -0.284. The molecule has 0 aromatic carbocycles. The number of hydrogen-bond acceptors (Lipinski definition) is 4. The minimum Gasteiger partial charge on any atom is -0.500 e. The molecule has 0 fully saturated rings. The molecular formula is C8H13NO3. The van der Waals surface area contributed by atoms with Crippen LogP contribution in [0.1, 0.15) is 13.8 Å². The summed E-state index contributed by atoms with van der Waals surface area (Å²) in [5.41, 5.74) is 0.408. The van der Waals surface area contributed by atoms with Gasteiger partial charge in [-0.2, -0.15) is 5.26 Å². The molecule has 0 heterocycles. The topological polar surface area (TPSA) is 51.5 Å². The van der Waals surface area contributed by atoms with E-state index in [2.05, 4.69) is 9.78 Å². The molecule has 0 atom stereocenters. The van der Waals surface area contributed by atoms with Crippen molar-refractivity contribution < 1.29 is 14.5 Å². The first-order valence-corrected chi connectivity index (χ1v) is 3.80. The molecule has 0 aromatic heterocycles. The molecule has 4 heteroatoms. The Labute approximate surface area is 72.3 Å². The van der Waals surface area contributed by atoms with E-state index in [1.54, 1.807) is 6.92 Å². The number of hydrogen-bond donors (Lipinski definition) is 0. The van der Waals surface area contributed by atoms with Crippen molar-refractivity contribution in [2.24, 2.45) is 0 Å². The average Bonchev–Trinajstić information content (AvgIpc) is 2.11. The van der Waals surface area contributed by atoms with Gasteiger partial charge in [0.25, 0.3) is 0 Å². The summed E-state index contributed by atoms with van der Waals surface area (Å²) in [4.78, 5) is 9.26. The molecule has 68 valence electrons. The molecule has 0 saturated carbocycles. The lowest BCUT2D eigenvalue weighted by Gasteiger charge is -2.00. The predicted octanol–water partition coefficient (Wildman–Crippen LogP) is 1.40. The summed E-state index contributed by atoms with van der Waals surface area (Å²) in [6.07, 6.45) is 1.37. The van der Waals surface area contributed by atoms with Crippen LogP contribution < -0.4 is 0 Å². The normalized spacial score (nSPS) is 10.9. The SMILES string of the molecule is CCO/C=C(/C#N)COOCC. The lowest BCUT2D eigenvalue weighted by Crippen LogP contribution is -1.99. The first-order valence-electron chi connectivity index (χ1n) is 3.80. The highest BCUT2D eigenvalue weighted by molar-refractivity contribution is 5.18. The molecule has 0 aliphatic rings. The monoisotopic (exact) mass is 171 g/mol. The Balaban J connectivity index is 3.61. The van der Waals surface area contributed by atoms with E-state index in [1.807, 2.05) is 13.0 Å². The standard InChI is InChI=1S/C8H13NO3/c1-3-10-6-8(5-9)7-12-11-4-2/h6H,3-4,7H2,1-2H3/b8-6-. The van der Waals surface area contributed by atoms with Gasteiger partial charge >= 0.3 is 0 Å². The molecule has 0 spiro atoms. The van der Waals surface area contributed by atoms with Crippen LogP contribution in [0, 0.1) is 11.3 Å². The fourth-order valence-corrected chi connectivity index (χ4v) is 0.465. The summed E-state index contributed by atoms with van der Waals surface area (Å²) in [5.74, 6) is 0. The van der Waals surface area contributed by atoms with Gasteiger partial charge in [0, 0.05) is 0 Å². The summed E-state index contributed by atoms with van der Waals surface area (Å²) >= 11 is 0. The van der Waals surface area contributed by atoms with E-state index in [1.165, 1.54) is 6.26 Å². The van der Waals surface area contributed by atoms with Crippen LogP contribution in [-0.2, 0) is 14.5 Å². The van der Waals surface area contributed by atoms with Crippen molar-refractivity contribution in [3.05, 3.63) is 11.8 Å². The summed E-state index contributed by atoms with van der Waals surface area (Å²) < 4.78 is 4.90. The zero-order valence-electron chi connectivity index (χ0n) is 7.37. The smallest absolute Gasteiger partial charge is 0.120 e. The van der Waals surface area contributed by atoms with Gasteiger partial charge in [-0.3, -0.25) is 0 Å². The van der Waals surface area contributed by atoms with Gasteiger partial charge in [0.15, 0.2) is 0 Å². The van der Waals surface area contributed by atoms with Crippen molar-refractivity contribution in [2.45, 2.75) is 13.8 Å². The Morgan fingerprint density at radius 3 is 2.58 bits per heavy atom. The van der Waals surface area contributed by atoms with Crippen molar-refractivity contribution >= 4 is 0 Å². The van der Waals surface area contributed by atoms with Gasteiger partial charge in [0.05, 0.1) is 25.0 Å². The van der Waals surface area contributed by atoms with Crippen LogP contribution in [0.4, 0.5) is 0 Å². The van der Waals surface area contributed by atoms with E-state index in [-0.39, 0.29) is 6.61 Å². The summed E-state index contributed by atoms with van der Waals surface area (Å²) in [6, 6.07) is 1.93. The van der Waals surface area contributed by atoms with Crippen molar-refractivity contribution in [3.8, 4) is 6.07 Å². The van der Waals surface area contributed by atoms with Gasteiger partial charge in [0.2, 0.25) is 0 Å². The molecule has 12 heavy (non-hydrogen) atoms. The molecule has 0 rings (SSSR count). The molecular weight excluding hydrogens is 158 g/mol. The Morgan fingerprint density at radius 2 is 2.08 bits per heavy atom. The minimum absolute atomic E-state index is 0.129. The fourth-order valence-electron chi connectivity index (χ4n) is 0.465. The van der Waals surface area contributed by atoms with Gasteiger partial charge in [-0.05, 0) is 13.8 Å². The van der Waals surface area contributed by atoms with E-state index < -0.39 is 0 Å². The summed E-state index contributed by atoms with van der Waals surface area (Å²) in [5, 5.41) is 8.52.